The molecule has 0 spiro atoms. The Morgan fingerprint density at radius 2 is 1.68 bits per heavy atom. The lowest BCUT2D eigenvalue weighted by Crippen LogP contribution is -2.49. The van der Waals surface area contributed by atoms with Crippen LogP contribution in [-0.4, -0.2) is 55.2 Å². The minimum atomic E-state index is 0.0704. The minimum Gasteiger partial charge on any atom is -0.454 e. The Balaban J connectivity index is 1.24. The van der Waals surface area contributed by atoms with Gasteiger partial charge in [-0.1, -0.05) is 50.2 Å². The molecule has 0 aliphatic carbocycles. The molecular formula is C25H33N3O3. The van der Waals surface area contributed by atoms with Crippen molar-refractivity contribution >= 4 is 5.91 Å². The second kappa shape index (κ2) is 10.2. The third-order valence-corrected chi connectivity index (χ3v) is 5.92. The van der Waals surface area contributed by atoms with Crippen molar-refractivity contribution in [2.75, 3.05) is 39.5 Å². The Kier molecular flexibility index (Phi) is 7.10. The van der Waals surface area contributed by atoms with E-state index < -0.39 is 0 Å². The van der Waals surface area contributed by atoms with Gasteiger partial charge in [-0.25, -0.2) is 0 Å². The van der Waals surface area contributed by atoms with E-state index in [4.69, 9.17) is 9.47 Å². The van der Waals surface area contributed by atoms with Gasteiger partial charge in [0.1, 0.15) is 0 Å². The first-order valence-electron chi connectivity index (χ1n) is 11.2. The van der Waals surface area contributed by atoms with Crippen LogP contribution in [0.5, 0.6) is 11.5 Å². The number of fused-ring (bicyclic) bond motifs is 1. The van der Waals surface area contributed by atoms with Crippen LogP contribution < -0.4 is 14.8 Å². The zero-order valence-electron chi connectivity index (χ0n) is 18.5. The molecule has 166 valence electrons. The molecule has 2 aliphatic heterocycles. The van der Waals surface area contributed by atoms with Crippen molar-refractivity contribution in [1.82, 2.24) is 15.1 Å². The number of carbonyl (C=O) groups is 1. The van der Waals surface area contributed by atoms with Crippen molar-refractivity contribution in [2.24, 2.45) is 5.92 Å². The van der Waals surface area contributed by atoms with Crippen molar-refractivity contribution in [1.29, 1.82) is 0 Å². The van der Waals surface area contributed by atoms with E-state index in [-0.39, 0.29) is 11.9 Å². The van der Waals surface area contributed by atoms with Crippen LogP contribution in [-0.2, 0) is 11.3 Å². The van der Waals surface area contributed by atoms with E-state index in [2.05, 4.69) is 53.2 Å². The standard InChI is InChI=1S/C25H33N3O3/c1-19(2)14-22(21-6-4-3-5-7-21)26-25(29)17-28-12-10-27(11-13-28)16-20-8-9-23-24(15-20)31-18-30-23/h3-9,15,19,22H,10-14,16-18H2,1-2H3,(H,26,29)/t22-/m1/s1. The number of piperazine rings is 1. The molecule has 1 saturated heterocycles. The van der Waals surface area contributed by atoms with E-state index in [0.29, 0.717) is 19.3 Å². The van der Waals surface area contributed by atoms with E-state index in [1.54, 1.807) is 0 Å². The van der Waals surface area contributed by atoms with Crippen LogP contribution in [0.1, 0.15) is 37.4 Å². The SMILES string of the molecule is CC(C)C[C@@H](NC(=O)CN1CCN(Cc2ccc3c(c2)OCO3)CC1)c1ccccc1. The zero-order valence-corrected chi connectivity index (χ0v) is 18.5. The van der Waals surface area contributed by atoms with E-state index in [0.717, 1.165) is 50.6 Å². The van der Waals surface area contributed by atoms with Gasteiger partial charge in [0, 0.05) is 32.7 Å². The van der Waals surface area contributed by atoms with Crippen LogP contribution in [0.2, 0.25) is 0 Å². The van der Waals surface area contributed by atoms with Crippen molar-refractivity contribution < 1.29 is 14.3 Å². The fourth-order valence-electron chi connectivity index (χ4n) is 4.28. The van der Waals surface area contributed by atoms with Gasteiger partial charge in [-0.05, 0) is 35.6 Å². The Bertz CT molecular complexity index is 864. The predicted molar refractivity (Wildman–Crippen MR) is 121 cm³/mol. The summed E-state index contributed by atoms with van der Waals surface area (Å²) in [6.45, 7) is 9.76. The average molecular weight is 424 g/mol. The van der Waals surface area contributed by atoms with Gasteiger partial charge in [-0.2, -0.15) is 0 Å². The second-order valence-electron chi connectivity index (χ2n) is 8.90. The molecule has 0 aromatic heterocycles. The Morgan fingerprint density at radius 1 is 0.968 bits per heavy atom. The van der Waals surface area contributed by atoms with Gasteiger partial charge in [0.05, 0.1) is 12.6 Å². The summed E-state index contributed by atoms with van der Waals surface area (Å²) in [5, 5.41) is 3.27. The van der Waals surface area contributed by atoms with Gasteiger partial charge in [0.25, 0.3) is 0 Å². The molecule has 6 heteroatoms. The fourth-order valence-corrected chi connectivity index (χ4v) is 4.28. The fraction of sp³-hybridized carbons (Fsp3) is 0.480. The van der Waals surface area contributed by atoms with Crippen LogP contribution in [0.25, 0.3) is 0 Å². The summed E-state index contributed by atoms with van der Waals surface area (Å²) in [6.07, 6.45) is 0.944. The molecule has 2 heterocycles. The lowest BCUT2D eigenvalue weighted by Gasteiger charge is -2.34. The number of benzene rings is 2. The highest BCUT2D eigenvalue weighted by atomic mass is 16.7. The van der Waals surface area contributed by atoms with Gasteiger partial charge < -0.3 is 14.8 Å². The number of rotatable bonds is 8. The molecule has 31 heavy (non-hydrogen) atoms. The number of hydrogen-bond donors (Lipinski definition) is 1. The van der Waals surface area contributed by atoms with Crippen molar-refractivity contribution in [3.63, 3.8) is 0 Å². The molecule has 6 nitrogen and oxygen atoms in total. The normalized spacial score (nSPS) is 17.6. The molecule has 1 amide bonds. The number of nitrogens with one attached hydrogen (secondary N) is 1. The molecule has 2 aromatic rings. The van der Waals surface area contributed by atoms with Crippen LogP contribution >= 0.6 is 0 Å². The number of carbonyl (C=O) groups excluding carboxylic acids is 1. The highest BCUT2D eigenvalue weighted by Gasteiger charge is 2.22. The van der Waals surface area contributed by atoms with Gasteiger partial charge in [0.15, 0.2) is 11.5 Å². The number of amides is 1. The molecule has 0 radical (unpaired) electrons. The molecule has 0 unspecified atom stereocenters. The first-order valence-corrected chi connectivity index (χ1v) is 11.2. The quantitative estimate of drug-likeness (QED) is 0.705. The number of ether oxygens (including phenoxy) is 2. The van der Waals surface area contributed by atoms with E-state index in [9.17, 15) is 4.79 Å². The molecule has 2 aliphatic rings. The molecule has 1 fully saturated rings. The highest BCUT2D eigenvalue weighted by Crippen LogP contribution is 2.32. The van der Waals surface area contributed by atoms with E-state index in [1.165, 1.54) is 11.1 Å². The molecule has 4 rings (SSSR count). The second-order valence-corrected chi connectivity index (χ2v) is 8.90. The summed E-state index contributed by atoms with van der Waals surface area (Å²) in [6, 6.07) is 16.5. The average Bonchev–Trinajstić information content (AvgIpc) is 3.23. The lowest BCUT2D eigenvalue weighted by atomic mass is 9.97. The maximum atomic E-state index is 12.8. The molecule has 0 bridgehead atoms. The number of hydrogen-bond acceptors (Lipinski definition) is 5. The van der Waals surface area contributed by atoms with Gasteiger partial charge in [0.2, 0.25) is 12.7 Å². The topological polar surface area (TPSA) is 54.0 Å². The Hall–Kier alpha value is -2.57. The summed E-state index contributed by atoms with van der Waals surface area (Å²) in [5.41, 5.74) is 2.41. The third kappa shape index (κ3) is 5.99. The maximum Gasteiger partial charge on any atom is 0.234 e. The summed E-state index contributed by atoms with van der Waals surface area (Å²) in [5.74, 6) is 2.29. The number of nitrogens with zero attached hydrogens (tertiary/aromatic N) is 2. The molecule has 0 saturated carbocycles. The van der Waals surface area contributed by atoms with Gasteiger partial charge >= 0.3 is 0 Å². The minimum absolute atomic E-state index is 0.0704. The zero-order chi connectivity index (χ0) is 21.6. The van der Waals surface area contributed by atoms with Gasteiger partial charge in [-0.3, -0.25) is 14.6 Å². The predicted octanol–water partition coefficient (Wildman–Crippen LogP) is 3.44. The summed E-state index contributed by atoms with van der Waals surface area (Å²) in [4.78, 5) is 17.4. The first kappa shape index (κ1) is 21.7. The monoisotopic (exact) mass is 423 g/mol. The smallest absolute Gasteiger partial charge is 0.234 e. The van der Waals surface area contributed by atoms with Crippen LogP contribution in [0.15, 0.2) is 48.5 Å². The maximum absolute atomic E-state index is 12.8. The van der Waals surface area contributed by atoms with Crippen molar-refractivity contribution in [2.45, 2.75) is 32.9 Å². The Morgan fingerprint density at radius 3 is 2.42 bits per heavy atom. The van der Waals surface area contributed by atoms with E-state index in [1.807, 2.05) is 24.3 Å². The summed E-state index contributed by atoms with van der Waals surface area (Å²) >= 11 is 0. The molecule has 1 atom stereocenters. The molecule has 1 N–H and O–H groups in total. The van der Waals surface area contributed by atoms with Gasteiger partial charge in [-0.15, -0.1) is 0 Å². The molecule has 2 aromatic carbocycles. The first-order chi connectivity index (χ1) is 15.1. The largest absolute Gasteiger partial charge is 0.454 e. The van der Waals surface area contributed by atoms with Crippen LogP contribution in [0.4, 0.5) is 0 Å². The third-order valence-electron chi connectivity index (χ3n) is 5.92. The van der Waals surface area contributed by atoms with E-state index >= 15 is 0 Å². The van der Waals surface area contributed by atoms with Crippen LogP contribution in [0, 0.1) is 5.92 Å². The lowest BCUT2D eigenvalue weighted by molar-refractivity contribution is -0.123. The van der Waals surface area contributed by atoms with Crippen molar-refractivity contribution in [3.8, 4) is 11.5 Å². The summed E-state index contributed by atoms with van der Waals surface area (Å²) < 4.78 is 10.9. The summed E-state index contributed by atoms with van der Waals surface area (Å²) in [7, 11) is 0. The highest BCUT2D eigenvalue weighted by molar-refractivity contribution is 5.78. The molecular weight excluding hydrogens is 390 g/mol. The van der Waals surface area contributed by atoms with Crippen molar-refractivity contribution in [3.05, 3.63) is 59.7 Å². The Labute approximate surface area is 185 Å². The van der Waals surface area contributed by atoms with Crippen LogP contribution in [0.3, 0.4) is 0 Å².